The highest BCUT2D eigenvalue weighted by molar-refractivity contribution is 9.11. The lowest BCUT2D eigenvalue weighted by molar-refractivity contribution is 0.756. The minimum Gasteiger partial charge on any atom is -0.323 e. The molecule has 2 rings (SSSR count). The van der Waals surface area contributed by atoms with Gasteiger partial charge in [0.15, 0.2) is 0 Å². The molecule has 0 amide bonds. The summed E-state index contributed by atoms with van der Waals surface area (Å²) in [7, 11) is 0. The van der Waals surface area contributed by atoms with Crippen molar-refractivity contribution >= 4 is 31.9 Å². The summed E-state index contributed by atoms with van der Waals surface area (Å²) in [5, 5.41) is 8.26. The average molecular weight is 360 g/mol. The molecule has 0 spiro atoms. The molecule has 17 heavy (non-hydrogen) atoms. The van der Waals surface area contributed by atoms with E-state index in [2.05, 4.69) is 42.2 Å². The van der Waals surface area contributed by atoms with Crippen molar-refractivity contribution in [3.8, 4) is 5.69 Å². The Kier molecular flexibility index (Phi) is 3.65. The van der Waals surface area contributed by atoms with Crippen LogP contribution in [0.25, 0.3) is 5.69 Å². The maximum Gasteiger partial charge on any atom is 0.102 e. The molecule has 4 nitrogen and oxygen atoms in total. The standard InChI is InChI=1S/C11H12Br2N4/c1-6(14)11-7(2)17(16-15-11)10-5-8(12)3-4-9(10)13/h3-6H,14H2,1-2H3. The van der Waals surface area contributed by atoms with Crippen molar-refractivity contribution in [2.45, 2.75) is 19.9 Å². The van der Waals surface area contributed by atoms with Crippen LogP contribution in [0.5, 0.6) is 0 Å². The normalized spacial score (nSPS) is 12.8. The summed E-state index contributed by atoms with van der Waals surface area (Å²) in [4.78, 5) is 0. The van der Waals surface area contributed by atoms with Gasteiger partial charge in [-0.3, -0.25) is 0 Å². The second-order valence-corrected chi connectivity index (χ2v) is 5.63. The Morgan fingerprint density at radius 1 is 1.35 bits per heavy atom. The van der Waals surface area contributed by atoms with E-state index in [0.29, 0.717) is 0 Å². The van der Waals surface area contributed by atoms with Crippen LogP contribution in [0.4, 0.5) is 0 Å². The van der Waals surface area contributed by atoms with Crippen LogP contribution in [0.1, 0.15) is 24.4 Å². The molecule has 0 bridgehead atoms. The van der Waals surface area contributed by atoms with Crippen molar-refractivity contribution in [2.24, 2.45) is 5.73 Å². The smallest absolute Gasteiger partial charge is 0.102 e. The van der Waals surface area contributed by atoms with Crippen molar-refractivity contribution in [1.29, 1.82) is 0 Å². The summed E-state index contributed by atoms with van der Waals surface area (Å²) in [5.74, 6) is 0. The first-order chi connectivity index (χ1) is 8.00. The molecule has 0 fully saturated rings. The van der Waals surface area contributed by atoms with Crippen molar-refractivity contribution in [2.75, 3.05) is 0 Å². The first-order valence-corrected chi connectivity index (χ1v) is 6.72. The molecular formula is C11H12Br2N4. The molecule has 1 aromatic carbocycles. The molecule has 0 aliphatic carbocycles. The highest BCUT2D eigenvalue weighted by Crippen LogP contribution is 2.26. The fraction of sp³-hybridized carbons (Fsp3) is 0.273. The van der Waals surface area contributed by atoms with E-state index >= 15 is 0 Å². The zero-order chi connectivity index (χ0) is 12.6. The molecule has 0 radical (unpaired) electrons. The summed E-state index contributed by atoms with van der Waals surface area (Å²) >= 11 is 6.95. The first kappa shape index (κ1) is 12.7. The van der Waals surface area contributed by atoms with Crippen LogP contribution in [-0.4, -0.2) is 15.0 Å². The second-order valence-electron chi connectivity index (χ2n) is 3.86. The molecule has 1 atom stereocenters. The lowest BCUT2D eigenvalue weighted by atomic mass is 10.2. The Bertz CT molecular complexity index is 548. The van der Waals surface area contributed by atoms with Gasteiger partial charge in [0.2, 0.25) is 0 Å². The summed E-state index contributed by atoms with van der Waals surface area (Å²) in [6, 6.07) is 5.80. The number of benzene rings is 1. The lowest BCUT2D eigenvalue weighted by Gasteiger charge is -2.07. The number of rotatable bonds is 2. The van der Waals surface area contributed by atoms with Gasteiger partial charge in [-0.25, -0.2) is 4.68 Å². The molecule has 1 aromatic heterocycles. The Morgan fingerprint density at radius 2 is 2.06 bits per heavy atom. The van der Waals surface area contributed by atoms with Crippen LogP contribution in [0.2, 0.25) is 0 Å². The van der Waals surface area contributed by atoms with E-state index in [-0.39, 0.29) is 6.04 Å². The minimum atomic E-state index is -0.116. The first-order valence-electron chi connectivity index (χ1n) is 5.14. The van der Waals surface area contributed by atoms with E-state index < -0.39 is 0 Å². The Morgan fingerprint density at radius 3 is 2.65 bits per heavy atom. The third-order valence-corrected chi connectivity index (χ3v) is 3.66. The van der Waals surface area contributed by atoms with Crippen LogP contribution in [0, 0.1) is 6.92 Å². The van der Waals surface area contributed by atoms with Gasteiger partial charge >= 0.3 is 0 Å². The summed E-state index contributed by atoms with van der Waals surface area (Å²) in [6.45, 7) is 3.86. The van der Waals surface area contributed by atoms with Crippen molar-refractivity contribution in [3.63, 3.8) is 0 Å². The van der Waals surface area contributed by atoms with Gasteiger partial charge in [-0.1, -0.05) is 21.1 Å². The number of hydrogen-bond acceptors (Lipinski definition) is 3. The van der Waals surface area contributed by atoms with Crippen LogP contribution in [0.3, 0.4) is 0 Å². The van der Waals surface area contributed by atoms with E-state index in [1.807, 2.05) is 32.0 Å². The lowest BCUT2D eigenvalue weighted by Crippen LogP contribution is -2.08. The van der Waals surface area contributed by atoms with Gasteiger partial charge in [0.25, 0.3) is 0 Å². The van der Waals surface area contributed by atoms with Gasteiger partial charge in [0.1, 0.15) is 5.69 Å². The largest absolute Gasteiger partial charge is 0.323 e. The molecule has 2 aromatic rings. The van der Waals surface area contributed by atoms with E-state index in [9.17, 15) is 0 Å². The summed E-state index contributed by atoms with van der Waals surface area (Å²) in [6.07, 6.45) is 0. The number of nitrogens with two attached hydrogens (primary N) is 1. The second kappa shape index (κ2) is 4.88. The monoisotopic (exact) mass is 358 g/mol. The number of halogens is 2. The fourth-order valence-electron chi connectivity index (χ4n) is 1.64. The van der Waals surface area contributed by atoms with Crippen LogP contribution < -0.4 is 5.73 Å². The van der Waals surface area contributed by atoms with Gasteiger partial charge in [-0.2, -0.15) is 0 Å². The molecule has 1 heterocycles. The van der Waals surface area contributed by atoms with Crippen molar-refractivity contribution < 1.29 is 0 Å². The van der Waals surface area contributed by atoms with Gasteiger partial charge in [0, 0.05) is 15.0 Å². The molecule has 0 saturated carbocycles. The average Bonchev–Trinajstić information content (AvgIpc) is 2.64. The maximum atomic E-state index is 5.84. The molecule has 6 heteroatoms. The fourth-order valence-corrected chi connectivity index (χ4v) is 2.40. The third-order valence-electron chi connectivity index (χ3n) is 2.50. The molecule has 0 aliphatic heterocycles. The molecular weight excluding hydrogens is 348 g/mol. The van der Waals surface area contributed by atoms with Crippen molar-refractivity contribution in [1.82, 2.24) is 15.0 Å². The predicted molar refractivity (Wildman–Crippen MR) is 74.1 cm³/mol. The quantitative estimate of drug-likeness (QED) is 0.896. The third kappa shape index (κ3) is 2.43. The highest BCUT2D eigenvalue weighted by Gasteiger charge is 2.14. The number of aromatic nitrogens is 3. The van der Waals surface area contributed by atoms with Gasteiger partial charge in [0.05, 0.1) is 11.4 Å². The van der Waals surface area contributed by atoms with E-state index in [4.69, 9.17) is 5.73 Å². The summed E-state index contributed by atoms with van der Waals surface area (Å²) in [5.41, 5.74) is 8.55. The van der Waals surface area contributed by atoms with Crippen LogP contribution >= 0.6 is 31.9 Å². The minimum absolute atomic E-state index is 0.116. The zero-order valence-corrected chi connectivity index (χ0v) is 12.7. The van der Waals surface area contributed by atoms with Crippen LogP contribution in [0.15, 0.2) is 27.1 Å². The Labute approximate surface area is 116 Å². The SMILES string of the molecule is Cc1c(C(C)N)nnn1-c1cc(Br)ccc1Br. The molecule has 90 valence electrons. The molecule has 1 unspecified atom stereocenters. The van der Waals surface area contributed by atoms with E-state index in [1.165, 1.54) is 0 Å². The van der Waals surface area contributed by atoms with E-state index in [0.717, 1.165) is 26.0 Å². The Balaban J connectivity index is 2.57. The van der Waals surface area contributed by atoms with E-state index in [1.54, 1.807) is 4.68 Å². The maximum absolute atomic E-state index is 5.84. The van der Waals surface area contributed by atoms with Gasteiger partial charge in [-0.05, 0) is 48.0 Å². The van der Waals surface area contributed by atoms with Crippen LogP contribution in [-0.2, 0) is 0 Å². The van der Waals surface area contributed by atoms with Gasteiger partial charge in [-0.15, -0.1) is 5.10 Å². The number of hydrogen-bond donors (Lipinski definition) is 1. The highest BCUT2D eigenvalue weighted by atomic mass is 79.9. The topological polar surface area (TPSA) is 56.7 Å². The number of nitrogens with zero attached hydrogens (tertiary/aromatic N) is 3. The molecule has 2 N–H and O–H groups in total. The Hall–Kier alpha value is -0.720. The predicted octanol–water partition coefficient (Wildman–Crippen LogP) is 3.12. The zero-order valence-electron chi connectivity index (χ0n) is 9.48. The van der Waals surface area contributed by atoms with Crippen molar-refractivity contribution in [3.05, 3.63) is 38.5 Å². The van der Waals surface area contributed by atoms with Gasteiger partial charge < -0.3 is 5.73 Å². The summed E-state index contributed by atoms with van der Waals surface area (Å²) < 4.78 is 3.74. The molecule has 0 aliphatic rings. The molecule has 0 saturated heterocycles.